The number of carbonyl (C=O) groups excluding carboxylic acids is 1. The number of benzene rings is 1. The van der Waals surface area contributed by atoms with E-state index in [2.05, 4.69) is 28.6 Å². The fraction of sp³-hybridized carbons (Fsp3) is 0.412. The number of allylic oxidation sites excluding steroid dienone is 1. The number of halogens is 2. The highest BCUT2D eigenvalue weighted by Crippen LogP contribution is 2.22. The molecule has 0 aromatic heterocycles. The summed E-state index contributed by atoms with van der Waals surface area (Å²) in [5.41, 5.74) is 0.795. The third kappa shape index (κ3) is 6.86. The molecule has 1 amide bonds. The van der Waals surface area contributed by atoms with Gasteiger partial charge in [0.25, 0.3) is 0 Å². The van der Waals surface area contributed by atoms with Crippen LogP contribution in [0.15, 0.2) is 41.1 Å². The van der Waals surface area contributed by atoms with Gasteiger partial charge in [-0.05, 0) is 31.0 Å². The normalized spacial score (nSPS) is 10.0. The molecule has 1 aromatic carbocycles. The minimum absolute atomic E-state index is 0.0533. The second-order valence-electron chi connectivity index (χ2n) is 5.01. The molecule has 1 rings (SSSR count). The van der Waals surface area contributed by atoms with E-state index in [1.54, 1.807) is 4.90 Å². The molecular weight excluding hydrogens is 347 g/mol. The molecule has 0 atom stereocenters. The molecule has 0 aliphatic rings. The summed E-state index contributed by atoms with van der Waals surface area (Å²) in [4.78, 5) is 14.0. The number of amides is 1. The Hall–Kier alpha value is -1.67. The SMILES string of the molecule is C=C(F)CCC(=O)N(CCCCCC#N)c1cccc(Br)c1. The number of nitriles is 1. The monoisotopic (exact) mass is 366 g/mol. The summed E-state index contributed by atoms with van der Waals surface area (Å²) in [6.45, 7) is 3.76. The molecule has 0 bridgehead atoms. The lowest BCUT2D eigenvalue weighted by molar-refractivity contribution is -0.118. The number of unbranched alkanes of at least 4 members (excludes halogenated alkanes) is 3. The topological polar surface area (TPSA) is 44.1 Å². The Bertz CT molecular complexity index is 554. The van der Waals surface area contributed by atoms with Crippen molar-refractivity contribution < 1.29 is 9.18 Å². The standard InChI is InChI=1S/C17H20BrFN2O/c1-14(19)9-10-17(22)21(12-5-3-2-4-11-20)16-8-6-7-15(18)13-16/h6-8,13H,1-5,9-10,12H2. The second-order valence-corrected chi connectivity index (χ2v) is 5.93. The Morgan fingerprint density at radius 2 is 2.09 bits per heavy atom. The molecule has 3 nitrogen and oxygen atoms in total. The van der Waals surface area contributed by atoms with Crippen LogP contribution in [-0.4, -0.2) is 12.5 Å². The maximum Gasteiger partial charge on any atom is 0.227 e. The van der Waals surface area contributed by atoms with E-state index in [4.69, 9.17) is 5.26 Å². The predicted molar refractivity (Wildman–Crippen MR) is 90.1 cm³/mol. The van der Waals surface area contributed by atoms with E-state index in [-0.39, 0.29) is 18.7 Å². The summed E-state index contributed by atoms with van der Waals surface area (Å²) in [5.74, 6) is -0.589. The number of hydrogen-bond acceptors (Lipinski definition) is 2. The number of nitrogens with zero attached hydrogens (tertiary/aromatic N) is 2. The molecule has 118 valence electrons. The zero-order valence-electron chi connectivity index (χ0n) is 12.5. The Balaban J connectivity index is 2.70. The first-order valence-corrected chi connectivity index (χ1v) is 8.10. The largest absolute Gasteiger partial charge is 0.312 e. The fourth-order valence-electron chi connectivity index (χ4n) is 2.07. The quantitative estimate of drug-likeness (QED) is 0.568. The minimum Gasteiger partial charge on any atom is -0.312 e. The fourth-order valence-corrected chi connectivity index (χ4v) is 2.46. The summed E-state index contributed by atoms with van der Waals surface area (Å²) in [6.07, 6.45) is 3.24. The average Bonchev–Trinajstić information content (AvgIpc) is 2.48. The van der Waals surface area contributed by atoms with E-state index < -0.39 is 5.83 Å². The van der Waals surface area contributed by atoms with Crippen LogP contribution in [0.5, 0.6) is 0 Å². The number of rotatable bonds is 9. The van der Waals surface area contributed by atoms with Crippen LogP contribution in [-0.2, 0) is 4.79 Å². The van der Waals surface area contributed by atoms with Gasteiger partial charge in [0.15, 0.2) is 0 Å². The van der Waals surface area contributed by atoms with Crippen LogP contribution in [0.2, 0.25) is 0 Å². The highest BCUT2D eigenvalue weighted by molar-refractivity contribution is 9.10. The van der Waals surface area contributed by atoms with Crippen LogP contribution < -0.4 is 4.90 Å². The summed E-state index contributed by atoms with van der Waals surface area (Å²) < 4.78 is 13.7. The van der Waals surface area contributed by atoms with Crippen LogP contribution in [0.25, 0.3) is 0 Å². The van der Waals surface area contributed by atoms with Crippen molar-refractivity contribution in [2.75, 3.05) is 11.4 Å². The van der Waals surface area contributed by atoms with Crippen molar-refractivity contribution >= 4 is 27.5 Å². The molecule has 0 saturated heterocycles. The van der Waals surface area contributed by atoms with Crippen molar-refractivity contribution in [1.29, 1.82) is 5.26 Å². The van der Waals surface area contributed by atoms with E-state index >= 15 is 0 Å². The molecule has 5 heteroatoms. The maximum atomic E-state index is 12.8. The van der Waals surface area contributed by atoms with E-state index in [1.165, 1.54) is 0 Å². The van der Waals surface area contributed by atoms with Crippen LogP contribution in [0.1, 0.15) is 38.5 Å². The molecule has 0 spiro atoms. The molecule has 0 unspecified atom stereocenters. The summed E-state index contributed by atoms with van der Waals surface area (Å²) >= 11 is 3.40. The van der Waals surface area contributed by atoms with Crippen molar-refractivity contribution in [2.24, 2.45) is 0 Å². The van der Waals surface area contributed by atoms with Gasteiger partial charge in [0.2, 0.25) is 5.91 Å². The number of carbonyl (C=O) groups is 1. The first kappa shape index (κ1) is 18.4. The van der Waals surface area contributed by atoms with Gasteiger partial charge in [-0.15, -0.1) is 0 Å². The van der Waals surface area contributed by atoms with Gasteiger partial charge >= 0.3 is 0 Å². The minimum atomic E-state index is -0.475. The molecular formula is C17H20BrFN2O. The van der Waals surface area contributed by atoms with Gasteiger partial charge in [0.05, 0.1) is 11.9 Å². The molecule has 1 aromatic rings. The third-order valence-electron chi connectivity index (χ3n) is 3.20. The highest BCUT2D eigenvalue weighted by atomic mass is 79.9. The van der Waals surface area contributed by atoms with E-state index in [1.807, 2.05) is 24.3 Å². The summed E-state index contributed by atoms with van der Waals surface area (Å²) in [7, 11) is 0. The van der Waals surface area contributed by atoms with E-state index in [9.17, 15) is 9.18 Å². The molecule has 0 saturated carbocycles. The molecule has 22 heavy (non-hydrogen) atoms. The zero-order chi connectivity index (χ0) is 16.4. The predicted octanol–water partition coefficient (Wildman–Crippen LogP) is 5.13. The number of hydrogen-bond donors (Lipinski definition) is 0. The highest BCUT2D eigenvalue weighted by Gasteiger charge is 2.15. The maximum absolute atomic E-state index is 12.8. The van der Waals surface area contributed by atoms with Gasteiger partial charge in [-0.3, -0.25) is 4.79 Å². The van der Waals surface area contributed by atoms with Crippen LogP contribution in [0, 0.1) is 11.3 Å². The smallest absolute Gasteiger partial charge is 0.227 e. The van der Waals surface area contributed by atoms with E-state index in [0.717, 1.165) is 29.4 Å². The van der Waals surface area contributed by atoms with Gasteiger partial charge in [-0.1, -0.05) is 35.0 Å². The van der Waals surface area contributed by atoms with Gasteiger partial charge in [-0.25, -0.2) is 4.39 Å². The first-order chi connectivity index (χ1) is 10.5. The van der Waals surface area contributed by atoms with Crippen molar-refractivity contribution in [1.82, 2.24) is 0 Å². The lowest BCUT2D eigenvalue weighted by Gasteiger charge is -2.23. The molecule has 0 fully saturated rings. The molecule has 0 aliphatic heterocycles. The third-order valence-corrected chi connectivity index (χ3v) is 3.69. The van der Waals surface area contributed by atoms with Gasteiger partial charge in [0, 0.05) is 36.0 Å². The number of anilines is 1. The van der Waals surface area contributed by atoms with Crippen LogP contribution in [0.4, 0.5) is 10.1 Å². The van der Waals surface area contributed by atoms with Crippen molar-refractivity contribution in [3.63, 3.8) is 0 Å². The zero-order valence-corrected chi connectivity index (χ0v) is 14.1. The lowest BCUT2D eigenvalue weighted by Crippen LogP contribution is -2.31. The van der Waals surface area contributed by atoms with E-state index in [0.29, 0.717) is 13.0 Å². The van der Waals surface area contributed by atoms with Crippen molar-refractivity contribution in [3.8, 4) is 6.07 Å². The van der Waals surface area contributed by atoms with Gasteiger partial charge < -0.3 is 4.90 Å². The van der Waals surface area contributed by atoms with Gasteiger partial charge in [0.1, 0.15) is 0 Å². The lowest BCUT2D eigenvalue weighted by atomic mass is 10.1. The molecule has 0 N–H and O–H groups in total. The molecule has 0 radical (unpaired) electrons. The Kier molecular flexibility index (Phi) is 8.46. The second kappa shape index (κ2) is 10.1. The van der Waals surface area contributed by atoms with Gasteiger partial charge in [-0.2, -0.15) is 5.26 Å². The Morgan fingerprint density at radius 1 is 1.32 bits per heavy atom. The average molecular weight is 367 g/mol. The Morgan fingerprint density at radius 3 is 2.73 bits per heavy atom. The Labute approximate surface area is 139 Å². The van der Waals surface area contributed by atoms with Crippen LogP contribution in [0.3, 0.4) is 0 Å². The molecule has 0 aliphatic carbocycles. The summed E-state index contributed by atoms with van der Waals surface area (Å²) in [5, 5.41) is 8.53. The van der Waals surface area contributed by atoms with Crippen LogP contribution >= 0.6 is 15.9 Å². The molecule has 0 heterocycles. The van der Waals surface area contributed by atoms with Crippen molar-refractivity contribution in [2.45, 2.75) is 38.5 Å². The summed E-state index contributed by atoms with van der Waals surface area (Å²) in [6, 6.07) is 9.60. The van der Waals surface area contributed by atoms with Crippen molar-refractivity contribution in [3.05, 3.63) is 41.1 Å². The first-order valence-electron chi connectivity index (χ1n) is 7.30.